The SMILES string of the molecule is CC(C)N(CCN(C)C)C(=O)C(C)N1CCC(NS(=O)(=O)c2ccc3cc(Cl)ccc3c2)C1=O. The average molecular weight is 509 g/mol. The van der Waals surface area contributed by atoms with E-state index >= 15 is 0 Å². The van der Waals surface area contributed by atoms with Crippen LogP contribution in [0.5, 0.6) is 0 Å². The van der Waals surface area contributed by atoms with Crippen molar-refractivity contribution < 1.29 is 18.0 Å². The molecule has 0 aliphatic carbocycles. The monoisotopic (exact) mass is 508 g/mol. The van der Waals surface area contributed by atoms with Gasteiger partial charge in [-0.3, -0.25) is 9.59 Å². The molecule has 2 aromatic carbocycles. The molecule has 2 atom stereocenters. The maximum atomic E-state index is 13.2. The third-order valence-corrected chi connectivity index (χ3v) is 7.85. The number of nitrogens with zero attached hydrogens (tertiary/aromatic N) is 3. The summed E-state index contributed by atoms with van der Waals surface area (Å²) >= 11 is 6.01. The van der Waals surface area contributed by atoms with Gasteiger partial charge in [0.05, 0.1) is 4.90 Å². The highest BCUT2D eigenvalue weighted by atomic mass is 35.5. The van der Waals surface area contributed by atoms with Gasteiger partial charge in [-0.05, 0) is 76.3 Å². The zero-order chi connectivity index (χ0) is 25.2. The van der Waals surface area contributed by atoms with Crippen LogP contribution in [0.3, 0.4) is 0 Å². The van der Waals surface area contributed by atoms with Crippen LogP contribution in [0.15, 0.2) is 41.3 Å². The molecular weight excluding hydrogens is 476 g/mol. The van der Waals surface area contributed by atoms with Crippen molar-refractivity contribution >= 4 is 44.2 Å². The van der Waals surface area contributed by atoms with Crippen molar-refractivity contribution in [3.63, 3.8) is 0 Å². The van der Waals surface area contributed by atoms with E-state index in [4.69, 9.17) is 11.6 Å². The lowest BCUT2D eigenvalue weighted by atomic mass is 10.1. The van der Waals surface area contributed by atoms with Gasteiger partial charge in [-0.2, -0.15) is 4.72 Å². The van der Waals surface area contributed by atoms with E-state index in [1.165, 1.54) is 11.0 Å². The molecule has 8 nitrogen and oxygen atoms in total. The second kappa shape index (κ2) is 10.6. The molecule has 1 heterocycles. The maximum absolute atomic E-state index is 13.2. The minimum absolute atomic E-state index is 0.00955. The largest absolute Gasteiger partial charge is 0.337 e. The number of nitrogens with one attached hydrogen (secondary N) is 1. The molecule has 0 saturated carbocycles. The van der Waals surface area contributed by atoms with E-state index in [9.17, 15) is 18.0 Å². The number of likely N-dealkylation sites (tertiary alicyclic amines) is 1. The van der Waals surface area contributed by atoms with Crippen molar-refractivity contribution in [3.8, 4) is 0 Å². The van der Waals surface area contributed by atoms with E-state index in [0.29, 0.717) is 31.1 Å². The Labute approximate surface area is 206 Å². The smallest absolute Gasteiger partial charge is 0.245 e. The minimum Gasteiger partial charge on any atom is -0.337 e. The number of carbonyl (C=O) groups excluding carboxylic acids is 2. The molecule has 0 aromatic heterocycles. The normalized spacial score (nSPS) is 17.7. The first kappa shape index (κ1) is 26.4. The Morgan fingerprint density at radius 1 is 1.12 bits per heavy atom. The predicted octanol–water partition coefficient (Wildman–Crippen LogP) is 2.56. The number of hydrogen-bond donors (Lipinski definition) is 1. The highest BCUT2D eigenvalue weighted by molar-refractivity contribution is 7.89. The second-order valence-electron chi connectivity index (χ2n) is 9.25. The van der Waals surface area contributed by atoms with Crippen LogP contribution in [-0.2, 0) is 19.6 Å². The fourth-order valence-electron chi connectivity index (χ4n) is 4.12. The van der Waals surface area contributed by atoms with E-state index in [0.717, 1.165) is 10.8 Å². The van der Waals surface area contributed by atoms with Gasteiger partial charge >= 0.3 is 0 Å². The first-order valence-electron chi connectivity index (χ1n) is 11.4. The molecule has 1 N–H and O–H groups in total. The van der Waals surface area contributed by atoms with E-state index in [-0.39, 0.29) is 22.8 Å². The molecule has 1 saturated heterocycles. The Morgan fingerprint density at radius 3 is 2.41 bits per heavy atom. The molecule has 3 rings (SSSR count). The molecule has 2 unspecified atom stereocenters. The first-order valence-corrected chi connectivity index (χ1v) is 13.2. The van der Waals surface area contributed by atoms with E-state index in [2.05, 4.69) is 4.72 Å². The highest BCUT2D eigenvalue weighted by Crippen LogP contribution is 2.24. The van der Waals surface area contributed by atoms with Crippen LogP contribution in [-0.4, -0.2) is 86.8 Å². The van der Waals surface area contributed by atoms with Gasteiger partial charge in [0.25, 0.3) is 0 Å². The lowest BCUT2D eigenvalue weighted by molar-refractivity contribution is -0.144. The fraction of sp³-hybridized carbons (Fsp3) is 0.500. The van der Waals surface area contributed by atoms with Crippen LogP contribution in [0.4, 0.5) is 0 Å². The van der Waals surface area contributed by atoms with Crippen LogP contribution in [0.1, 0.15) is 27.2 Å². The zero-order valence-electron chi connectivity index (χ0n) is 20.3. The van der Waals surface area contributed by atoms with Gasteiger partial charge < -0.3 is 14.7 Å². The van der Waals surface area contributed by atoms with Crippen LogP contribution in [0, 0.1) is 0 Å². The number of amides is 2. The topological polar surface area (TPSA) is 90.0 Å². The lowest BCUT2D eigenvalue weighted by Crippen LogP contribution is -2.52. The average Bonchev–Trinajstić information content (AvgIpc) is 3.11. The van der Waals surface area contributed by atoms with Gasteiger partial charge in [0, 0.05) is 30.7 Å². The third kappa shape index (κ3) is 5.89. The summed E-state index contributed by atoms with van der Waals surface area (Å²) in [6.07, 6.45) is 0.304. The van der Waals surface area contributed by atoms with Crippen molar-refractivity contribution in [2.75, 3.05) is 33.7 Å². The highest BCUT2D eigenvalue weighted by Gasteiger charge is 2.40. The lowest BCUT2D eigenvalue weighted by Gasteiger charge is -2.33. The maximum Gasteiger partial charge on any atom is 0.245 e. The number of sulfonamides is 1. The number of halogens is 1. The molecule has 1 aliphatic rings. The number of hydrogen-bond acceptors (Lipinski definition) is 5. The fourth-order valence-corrected chi connectivity index (χ4v) is 5.56. The molecule has 0 bridgehead atoms. The van der Waals surface area contributed by atoms with Gasteiger partial charge in [0.2, 0.25) is 21.8 Å². The van der Waals surface area contributed by atoms with Crippen molar-refractivity contribution in [2.24, 2.45) is 0 Å². The van der Waals surface area contributed by atoms with Crippen molar-refractivity contribution in [1.82, 2.24) is 19.4 Å². The first-order chi connectivity index (χ1) is 15.9. The summed E-state index contributed by atoms with van der Waals surface area (Å²) in [6.45, 7) is 7.18. The van der Waals surface area contributed by atoms with E-state index in [1.807, 2.05) is 32.8 Å². The van der Waals surface area contributed by atoms with Gasteiger partial charge in [-0.1, -0.05) is 23.7 Å². The number of fused-ring (bicyclic) bond motifs is 1. The number of carbonyl (C=O) groups is 2. The van der Waals surface area contributed by atoms with Gasteiger partial charge in [-0.15, -0.1) is 0 Å². The van der Waals surface area contributed by atoms with Crippen molar-refractivity contribution in [2.45, 2.75) is 50.2 Å². The van der Waals surface area contributed by atoms with E-state index < -0.39 is 22.1 Å². The summed E-state index contributed by atoms with van der Waals surface area (Å²) in [5.41, 5.74) is 0. The van der Waals surface area contributed by atoms with Crippen molar-refractivity contribution in [1.29, 1.82) is 0 Å². The standard InChI is InChI=1S/C24H33ClN4O4S/c1-16(2)28(13-12-27(4)5)23(30)17(3)29-11-10-22(24(29)31)26-34(32,33)21-9-7-18-14-20(25)8-6-19(18)15-21/h6-9,14-17,22,26H,10-13H2,1-5H3. The molecule has 186 valence electrons. The summed E-state index contributed by atoms with van der Waals surface area (Å²) in [4.78, 5) is 31.5. The molecule has 0 spiro atoms. The van der Waals surface area contributed by atoms with Crippen LogP contribution >= 0.6 is 11.6 Å². The Bertz CT molecular complexity index is 1170. The van der Waals surface area contributed by atoms with Crippen LogP contribution < -0.4 is 4.72 Å². The second-order valence-corrected chi connectivity index (χ2v) is 11.4. The predicted molar refractivity (Wildman–Crippen MR) is 134 cm³/mol. The van der Waals surface area contributed by atoms with Gasteiger partial charge in [0.15, 0.2) is 0 Å². The number of benzene rings is 2. The summed E-state index contributed by atoms with van der Waals surface area (Å²) in [6, 6.07) is 8.37. The number of likely N-dealkylation sites (N-methyl/N-ethyl adjacent to an activating group) is 1. The summed E-state index contributed by atoms with van der Waals surface area (Å²) in [5, 5.41) is 2.13. The van der Waals surface area contributed by atoms with Gasteiger partial charge in [0.1, 0.15) is 12.1 Å². The Morgan fingerprint density at radius 2 is 1.76 bits per heavy atom. The molecule has 10 heteroatoms. The van der Waals surface area contributed by atoms with Crippen LogP contribution in [0.25, 0.3) is 10.8 Å². The van der Waals surface area contributed by atoms with E-state index in [1.54, 1.807) is 42.2 Å². The Hall–Kier alpha value is -2.20. The quantitative estimate of drug-likeness (QED) is 0.562. The summed E-state index contributed by atoms with van der Waals surface area (Å²) < 4.78 is 28.6. The molecule has 1 aliphatic heterocycles. The summed E-state index contributed by atoms with van der Waals surface area (Å²) in [7, 11) is -0.0423. The molecule has 2 amide bonds. The third-order valence-electron chi connectivity index (χ3n) is 6.14. The molecule has 2 aromatic rings. The summed E-state index contributed by atoms with van der Waals surface area (Å²) in [5.74, 6) is -0.518. The Balaban J connectivity index is 1.71. The molecule has 34 heavy (non-hydrogen) atoms. The molecule has 1 fully saturated rings. The molecule has 0 radical (unpaired) electrons. The minimum atomic E-state index is -3.93. The Kier molecular flexibility index (Phi) is 8.23. The molecular formula is C24H33ClN4O4S. The zero-order valence-corrected chi connectivity index (χ0v) is 21.9. The van der Waals surface area contributed by atoms with Crippen molar-refractivity contribution in [3.05, 3.63) is 41.4 Å². The number of rotatable bonds is 9. The van der Waals surface area contributed by atoms with Gasteiger partial charge in [-0.25, -0.2) is 8.42 Å². The van der Waals surface area contributed by atoms with Crippen LogP contribution in [0.2, 0.25) is 5.02 Å².